The molecule has 7 heteroatoms. The van der Waals surface area contributed by atoms with E-state index in [2.05, 4.69) is 22.5 Å². The second-order valence-corrected chi connectivity index (χ2v) is 6.12. The monoisotopic (exact) mass is 297 g/mol. The van der Waals surface area contributed by atoms with Crippen LogP contribution in [0, 0.1) is 0 Å². The standard InChI is InChI=1S/C13H22BN2O3S/c1-8(16-20)9-6-11(17)15-7-10(9)14-19-13(4,5)12(2,3)18/h6-8,16,18,20H,1-5H3,(H,15,17)/t8-/m0/s1. The van der Waals surface area contributed by atoms with Crippen molar-refractivity contribution in [2.24, 2.45) is 0 Å². The Bertz CT molecular complexity index is 511. The van der Waals surface area contributed by atoms with Crippen LogP contribution in [-0.4, -0.2) is 28.8 Å². The predicted octanol–water partition coefficient (Wildman–Crippen LogP) is 0.681. The zero-order valence-corrected chi connectivity index (χ0v) is 13.4. The molecule has 0 spiro atoms. The highest BCUT2D eigenvalue weighted by molar-refractivity contribution is 7.78. The molecule has 0 saturated carbocycles. The second kappa shape index (κ2) is 6.34. The molecule has 20 heavy (non-hydrogen) atoms. The van der Waals surface area contributed by atoms with Crippen molar-refractivity contribution in [3.05, 3.63) is 28.2 Å². The van der Waals surface area contributed by atoms with Crippen LogP contribution in [0.5, 0.6) is 0 Å². The summed E-state index contributed by atoms with van der Waals surface area (Å²) in [5.74, 6) is 0. The molecule has 0 unspecified atom stereocenters. The number of nitrogens with one attached hydrogen (secondary N) is 2. The number of aromatic amines is 1. The molecule has 5 nitrogen and oxygen atoms in total. The van der Waals surface area contributed by atoms with Crippen LogP contribution in [0.3, 0.4) is 0 Å². The molecule has 0 fully saturated rings. The molecule has 3 N–H and O–H groups in total. The lowest BCUT2D eigenvalue weighted by Gasteiger charge is -2.37. The molecule has 0 saturated heterocycles. The van der Waals surface area contributed by atoms with Crippen molar-refractivity contribution in [2.75, 3.05) is 0 Å². The summed E-state index contributed by atoms with van der Waals surface area (Å²) in [7, 11) is 1.55. The Morgan fingerprint density at radius 2 is 2.05 bits per heavy atom. The first-order valence-electron chi connectivity index (χ1n) is 6.44. The number of hydrogen-bond acceptors (Lipinski definition) is 5. The fraction of sp³-hybridized carbons (Fsp3) is 0.615. The lowest BCUT2D eigenvalue weighted by Crippen LogP contribution is -2.49. The number of hydrogen-bond donors (Lipinski definition) is 4. The molecule has 0 bridgehead atoms. The molecule has 1 radical (unpaired) electrons. The van der Waals surface area contributed by atoms with Crippen molar-refractivity contribution in [1.82, 2.24) is 9.71 Å². The quantitative estimate of drug-likeness (QED) is 0.460. The zero-order chi connectivity index (χ0) is 15.6. The Kier molecular flexibility index (Phi) is 5.49. The molecule has 0 amide bonds. The van der Waals surface area contributed by atoms with Gasteiger partial charge in [-0.15, -0.1) is 0 Å². The van der Waals surface area contributed by atoms with Gasteiger partial charge in [-0.2, -0.15) is 0 Å². The van der Waals surface area contributed by atoms with Crippen LogP contribution in [0.1, 0.15) is 46.2 Å². The van der Waals surface area contributed by atoms with E-state index in [-0.39, 0.29) is 11.6 Å². The Balaban J connectivity index is 2.96. The Morgan fingerprint density at radius 1 is 1.45 bits per heavy atom. The third-order valence-electron chi connectivity index (χ3n) is 3.60. The van der Waals surface area contributed by atoms with E-state index in [1.54, 1.807) is 41.4 Å². The van der Waals surface area contributed by atoms with Crippen molar-refractivity contribution in [3.63, 3.8) is 0 Å². The highest BCUT2D eigenvalue weighted by Crippen LogP contribution is 2.24. The van der Waals surface area contributed by atoms with Crippen LogP contribution in [-0.2, 0) is 4.65 Å². The van der Waals surface area contributed by atoms with Gasteiger partial charge in [-0.25, -0.2) is 0 Å². The van der Waals surface area contributed by atoms with E-state index >= 15 is 0 Å². The molecule has 1 aromatic heterocycles. The van der Waals surface area contributed by atoms with Crippen LogP contribution in [0.15, 0.2) is 17.1 Å². The molecule has 0 aliphatic carbocycles. The average molecular weight is 297 g/mol. The minimum absolute atomic E-state index is 0.110. The summed E-state index contributed by atoms with van der Waals surface area (Å²) < 4.78 is 8.50. The molecule has 0 aliphatic rings. The summed E-state index contributed by atoms with van der Waals surface area (Å²) in [6.07, 6.45) is 1.58. The van der Waals surface area contributed by atoms with Crippen LogP contribution in [0.4, 0.5) is 0 Å². The Hall–Kier alpha value is -0.755. The van der Waals surface area contributed by atoms with E-state index < -0.39 is 11.2 Å². The topological polar surface area (TPSA) is 74.4 Å². The normalized spacial score (nSPS) is 14.2. The molecule has 1 rings (SSSR count). The number of aliphatic hydroxyl groups is 1. The fourth-order valence-electron chi connectivity index (χ4n) is 1.40. The molecule has 0 aliphatic heterocycles. The van der Waals surface area contributed by atoms with E-state index in [0.717, 1.165) is 11.0 Å². The van der Waals surface area contributed by atoms with Gasteiger partial charge in [0.1, 0.15) is 0 Å². The highest BCUT2D eigenvalue weighted by atomic mass is 32.1. The molecule has 111 valence electrons. The molecular formula is C13H22BN2O3S. The number of rotatable bonds is 6. The molecule has 1 atom stereocenters. The third kappa shape index (κ3) is 4.12. The van der Waals surface area contributed by atoms with Crippen LogP contribution >= 0.6 is 12.8 Å². The summed E-state index contributed by atoms with van der Waals surface area (Å²) in [5, 5.41) is 10.1. The van der Waals surface area contributed by atoms with Crippen molar-refractivity contribution in [3.8, 4) is 0 Å². The maximum absolute atomic E-state index is 11.4. The van der Waals surface area contributed by atoms with Crippen LogP contribution < -0.4 is 15.7 Å². The summed E-state index contributed by atoms with van der Waals surface area (Å²) in [6.45, 7) is 8.86. The minimum atomic E-state index is -1.00. The third-order valence-corrected chi connectivity index (χ3v) is 3.99. The number of thiol groups is 1. The van der Waals surface area contributed by atoms with E-state index in [9.17, 15) is 9.90 Å². The van der Waals surface area contributed by atoms with Crippen LogP contribution in [0.2, 0.25) is 0 Å². The molecule has 0 aromatic carbocycles. The first-order valence-corrected chi connectivity index (χ1v) is 6.89. The zero-order valence-electron chi connectivity index (χ0n) is 12.5. The number of aromatic nitrogens is 1. The van der Waals surface area contributed by atoms with Crippen molar-refractivity contribution in [2.45, 2.75) is 51.9 Å². The molecule has 1 heterocycles. The van der Waals surface area contributed by atoms with E-state index in [4.69, 9.17) is 4.65 Å². The van der Waals surface area contributed by atoms with Gasteiger partial charge in [-0.3, -0.25) is 9.52 Å². The Labute approximate surface area is 126 Å². The fourth-order valence-corrected chi connectivity index (χ4v) is 1.54. The minimum Gasteiger partial charge on any atom is -0.427 e. The smallest absolute Gasteiger partial charge is 0.332 e. The lowest BCUT2D eigenvalue weighted by atomic mass is 9.80. The van der Waals surface area contributed by atoms with Crippen molar-refractivity contribution < 1.29 is 9.76 Å². The first kappa shape index (κ1) is 17.3. The second-order valence-electron chi connectivity index (χ2n) is 5.86. The molecule has 1 aromatic rings. The van der Waals surface area contributed by atoms with E-state index in [1.807, 2.05) is 6.92 Å². The van der Waals surface area contributed by atoms with E-state index in [1.165, 1.54) is 6.07 Å². The van der Waals surface area contributed by atoms with Crippen LogP contribution in [0.25, 0.3) is 0 Å². The van der Waals surface area contributed by atoms with E-state index in [0.29, 0.717) is 0 Å². The van der Waals surface area contributed by atoms with Gasteiger partial charge in [-0.05, 0) is 45.6 Å². The highest BCUT2D eigenvalue weighted by Gasteiger charge is 2.36. The summed E-state index contributed by atoms with van der Waals surface area (Å²) >= 11 is 4.02. The summed E-state index contributed by atoms with van der Waals surface area (Å²) in [4.78, 5) is 14.0. The van der Waals surface area contributed by atoms with Crippen molar-refractivity contribution >= 4 is 25.8 Å². The van der Waals surface area contributed by atoms with Gasteiger partial charge in [0.15, 0.2) is 0 Å². The summed E-state index contributed by atoms with van der Waals surface area (Å²) in [5.41, 5.74) is -0.447. The average Bonchev–Trinajstić information content (AvgIpc) is 2.35. The number of pyridine rings is 1. The van der Waals surface area contributed by atoms with Gasteiger partial charge in [0.25, 0.3) is 0 Å². The van der Waals surface area contributed by atoms with Gasteiger partial charge in [-0.1, -0.05) is 12.8 Å². The van der Waals surface area contributed by atoms with Gasteiger partial charge in [0.2, 0.25) is 5.56 Å². The predicted molar refractivity (Wildman–Crippen MR) is 84.4 cm³/mol. The molecular weight excluding hydrogens is 275 g/mol. The first-order chi connectivity index (χ1) is 9.08. The van der Waals surface area contributed by atoms with Gasteiger partial charge in [0.05, 0.1) is 11.2 Å². The maximum atomic E-state index is 11.4. The number of H-pyrrole nitrogens is 1. The SMILES string of the molecule is C[C@H](NS)c1cc(=O)[nH]cc1[B]OC(C)(C)C(C)(C)O. The summed E-state index contributed by atoms with van der Waals surface area (Å²) in [6, 6.07) is 1.39. The van der Waals surface area contributed by atoms with Gasteiger partial charge in [0, 0.05) is 18.3 Å². The Morgan fingerprint density at radius 3 is 2.55 bits per heavy atom. The maximum Gasteiger partial charge on any atom is 0.332 e. The van der Waals surface area contributed by atoms with Gasteiger partial charge < -0.3 is 14.7 Å². The largest absolute Gasteiger partial charge is 0.427 e. The van der Waals surface area contributed by atoms with Gasteiger partial charge >= 0.3 is 7.48 Å². The lowest BCUT2D eigenvalue weighted by molar-refractivity contribution is -0.0893. The van der Waals surface area contributed by atoms with Crippen molar-refractivity contribution in [1.29, 1.82) is 0 Å².